The number of hydrogen-bond acceptors (Lipinski definition) is 3. The zero-order valence-corrected chi connectivity index (χ0v) is 9.07. The molecule has 6 nitrogen and oxygen atoms in total. The van der Waals surface area contributed by atoms with E-state index in [4.69, 9.17) is 10.2 Å². The van der Waals surface area contributed by atoms with Gasteiger partial charge in [0.1, 0.15) is 0 Å². The first-order valence-corrected chi connectivity index (χ1v) is 6.01. The zero-order valence-electron chi connectivity index (χ0n) is 8.25. The summed E-state index contributed by atoms with van der Waals surface area (Å²) in [5.41, 5.74) is 1.63. The average Bonchev–Trinajstić information content (AvgIpc) is 2.58. The van der Waals surface area contributed by atoms with Gasteiger partial charge in [0.25, 0.3) is 10.2 Å². The summed E-state index contributed by atoms with van der Waals surface area (Å²) in [6.45, 7) is 0.337. The molecule has 2 rings (SSSR count). The van der Waals surface area contributed by atoms with Gasteiger partial charge in [0, 0.05) is 13.1 Å². The molecule has 0 saturated carbocycles. The summed E-state index contributed by atoms with van der Waals surface area (Å²) >= 11 is 0. The van der Waals surface area contributed by atoms with E-state index in [1.165, 1.54) is 12.1 Å². The van der Waals surface area contributed by atoms with E-state index in [1.54, 1.807) is 6.07 Å². The van der Waals surface area contributed by atoms with Gasteiger partial charge < -0.3 is 5.11 Å². The van der Waals surface area contributed by atoms with Crippen molar-refractivity contribution in [2.75, 3.05) is 0 Å². The highest BCUT2D eigenvalue weighted by atomic mass is 32.2. The van der Waals surface area contributed by atoms with Crippen LogP contribution in [0.15, 0.2) is 18.2 Å². The SMILES string of the molecule is NS(=O)(=O)N1Cc2ccc(C(=O)O)cc2C1. The van der Waals surface area contributed by atoms with Crippen molar-refractivity contribution in [2.24, 2.45) is 5.14 Å². The third-order valence-corrected chi connectivity index (χ3v) is 3.48. The van der Waals surface area contributed by atoms with E-state index in [9.17, 15) is 13.2 Å². The lowest BCUT2D eigenvalue weighted by Gasteiger charge is -2.09. The lowest BCUT2D eigenvalue weighted by molar-refractivity contribution is 0.0697. The molecule has 0 atom stereocenters. The Labute approximate surface area is 92.5 Å². The van der Waals surface area contributed by atoms with Crippen LogP contribution in [0.4, 0.5) is 0 Å². The molecule has 1 heterocycles. The van der Waals surface area contributed by atoms with Gasteiger partial charge in [-0.1, -0.05) is 6.07 Å². The van der Waals surface area contributed by atoms with Crippen LogP contribution in [0.25, 0.3) is 0 Å². The molecule has 16 heavy (non-hydrogen) atoms. The largest absolute Gasteiger partial charge is 0.478 e. The van der Waals surface area contributed by atoms with Crippen LogP contribution >= 0.6 is 0 Å². The van der Waals surface area contributed by atoms with Gasteiger partial charge in [-0.25, -0.2) is 9.93 Å². The lowest BCUT2D eigenvalue weighted by Crippen LogP contribution is -2.32. The van der Waals surface area contributed by atoms with Gasteiger partial charge in [-0.2, -0.15) is 12.7 Å². The third kappa shape index (κ3) is 1.92. The average molecular weight is 242 g/mol. The van der Waals surface area contributed by atoms with E-state index >= 15 is 0 Å². The van der Waals surface area contributed by atoms with Crippen LogP contribution < -0.4 is 5.14 Å². The van der Waals surface area contributed by atoms with Crippen LogP contribution in [0.3, 0.4) is 0 Å². The summed E-state index contributed by atoms with van der Waals surface area (Å²) in [7, 11) is -3.72. The smallest absolute Gasteiger partial charge is 0.335 e. The molecule has 0 aliphatic carbocycles. The quantitative estimate of drug-likeness (QED) is 0.756. The highest BCUT2D eigenvalue weighted by Crippen LogP contribution is 2.24. The van der Waals surface area contributed by atoms with Crippen molar-refractivity contribution in [3.05, 3.63) is 34.9 Å². The summed E-state index contributed by atoms with van der Waals surface area (Å²) in [6.07, 6.45) is 0. The second-order valence-corrected chi connectivity index (χ2v) is 5.15. The Balaban J connectivity index is 2.35. The molecule has 0 aromatic heterocycles. The third-order valence-electron chi connectivity index (χ3n) is 2.51. The Hall–Kier alpha value is -1.44. The molecular weight excluding hydrogens is 232 g/mol. The summed E-state index contributed by atoms with van der Waals surface area (Å²) < 4.78 is 23.3. The van der Waals surface area contributed by atoms with E-state index in [0.29, 0.717) is 5.56 Å². The molecule has 3 N–H and O–H groups in total. The molecule has 0 spiro atoms. The number of nitrogens with two attached hydrogens (primary N) is 1. The molecule has 86 valence electrons. The van der Waals surface area contributed by atoms with Crippen LogP contribution in [0.5, 0.6) is 0 Å². The Morgan fingerprint density at radius 2 is 1.94 bits per heavy atom. The van der Waals surface area contributed by atoms with Crippen LogP contribution in [0.2, 0.25) is 0 Å². The number of carboxylic acid groups (broad SMARTS) is 1. The predicted molar refractivity (Wildman–Crippen MR) is 55.8 cm³/mol. The minimum Gasteiger partial charge on any atom is -0.478 e. The number of rotatable bonds is 2. The number of aromatic carboxylic acids is 1. The fraction of sp³-hybridized carbons (Fsp3) is 0.222. The van der Waals surface area contributed by atoms with E-state index in [0.717, 1.165) is 9.87 Å². The van der Waals surface area contributed by atoms with Crippen LogP contribution in [-0.2, 0) is 23.3 Å². The minimum absolute atomic E-state index is 0.134. The Kier molecular flexibility index (Phi) is 2.45. The Morgan fingerprint density at radius 3 is 2.50 bits per heavy atom. The lowest BCUT2D eigenvalue weighted by atomic mass is 10.1. The topological polar surface area (TPSA) is 101 Å². The standard InChI is InChI=1S/C9H10N2O4S/c10-16(14,15)11-4-7-2-1-6(9(12)13)3-8(7)5-11/h1-3H,4-5H2,(H,12,13)(H2,10,14,15). The zero-order chi connectivity index (χ0) is 11.9. The monoisotopic (exact) mass is 242 g/mol. The number of nitrogens with zero attached hydrogens (tertiary/aromatic N) is 1. The van der Waals surface area contributed by atoms with Gasteiger partial charge in [-0.05, 0) is 23.3 Å². The summed E-state index contributed by atoms with van der Waals surface area (Å²) in [6, 6.07) is 4.54. The molecule has 1 aliphatic rings. The molecule has 0 saturated heterocycles. The number of fused-ring (bicyclic) bond motifs is 1. The number of hydrogen-bond donors (Lipinski definition) is 2. The number of benzene rings is 1. The van der Waals surface area contributed by atoms with E-state index in [1.807, 2.05) is 0 Å². The molecule has 1 aromatic rings. The Morgan fingerprint density at radius 1 is 1.31 bits per heavy atom. The van der Waals surface area contributed by atoms with Gasteiger partial charge in [0.2, 0.25) is 0 Å². The van der Waals surface area contributed by atoms with Crippen LogP contribution in [0.1, 0.15) is 21.5 Å². The van der Waals surface area contributed by atoms with Crippen LogP contribution in [0, 0.1) is 0 Å². The van der Waals surface area contributed by atoms with Crippen molar-refractivity contribution in [3.8, 4) is 0 Å². The maximum atomic E-state index is 11.1. The number of carboxylic acids is 1. The second-order valence-electron chi connectivity index (χ2n) is 3.60. The summed E-state index contributed by atoms with van der Waals surface area (Å²) in [5, 5.41) is 13.8. The molecule has 7 heteroatoms. The van der Waals surface area contributed by atoms with Crippen LogP contribution in [-0.4, -0.2) is 23.8 Å². The first-order valence-electron chi connectivity index (χ1n) is 4.51. The molecule has 1 aromatic carbocycles. The van der Waals surface area contributed by atoms with Gasteiger partial charge >= 0.3 is 5.97 Å². The van der Waals surface area contributed by atoms with E-state index < -0.39 is 16.2 Å². The molecule has 0 radical (unpaired) electrons. The molecule has 0 unspecified atom stereocenters. The van der Waals surface area contributed by atoms with Crippen molar-refractivity contribution in [1.82, 2.24) is 4.31 Å². The van der Waals surface area contributed by atoms with Crippen molar-refractivity contribution < 1.29 is 18.3 Å². The first-order chi connectivity index (χ1) is 7.38. The molecule has 0 fully saturated rings. The maximum absolute atomic E-state index is 11.1. The van der Waals surface area contributed by atoms with E-state index in [2.05, 4.69) is 0 Å². The van der Waals surface area contributed by atoms with Crippen molar-refractivity contribution in [2.45, 2.75) is 13.1 Å². The van der Waals surface area contributed by atoms with E-state index in [-0.39, 0.29) is 18.7 Å². The van der Waals surface area contributed by atoms with Gasteiger partial charge in [0.15, 0.2) is 0 Å². The predicted octanol–water partition coefficient (Wildman–Crippen LogP) is -0.0961. The fourth-order valence-corrected chi connectivity index (χ4v) is 2.31. The molecule has 0 amide bonds. The molecular formula is C9H10N2O4S. The second kappa shape index (κ2) is 3.55. The first kappa shape index (κ1) is 11.1. The highest BCUT2D eigenvalue weighted by Gasteiger charge is 2.26. The minimum atomic E-state index is -3.72. The summed E-state index contributed by atoms with van der Waals surface area (Å²) in [5.74, 6) is -1.03. The highest BCUT2D eigenvalue weighted by molar-refractivity contribution is 7.86. The van der Waals surface area contributed by atoms with Gasteiger partial charge in [-0.3, -0.25) is 0 Å². The summed E-state index contributed by atoms with van der Waals surface area (Å²) in [4.78, 5) is 10.7. The van der Waals surface area contributed by atoms with Crippen molar-refractivity contribution in [3.63, 3.8) is 0 Å². The van der Waals surface area contributed by atoms with Crippen molar-refractivity contribution >= 4 is 16.2 Å². The Bertz CT molecular complexity index is 553. The molecule has 1 aliphatic heterocycles. The van der Waals surface area contributed by atoms with Gasteiger partial charge in [-0.15, -0.1) is 0 Å². The molecule has 0 bridgehead atoms. The van der Waals surface area contributed by atoms with Crippen molar-refractivity contribution in [1.29, 1.82) is 0 Å². The number of carbonyl (C=O) groups is 1. The maximum Gasteiger partial charge on any atom is 0.335 e. The fourth-order valence-electron chi connectivity index (χ4n) is 1.68. The van der Waals surface area contributed by atoms with Gasteiger partial charge in [0.05, 0.1) is 5.56 Å². The normalized spacial score (nSPS) is 16.1.